The van der Waals surface area contributed by atoms with Crippen LogP contribution >= 0.6 is 11.3 Å². The van der Waals surface area contributed by atoms with Gasteiger partial charge in [-0.1, -0.05) is 24.3 Å². The molecule has 2 aromatic heterocycles. The van der Waals surface area contributed by atoms with Crippen molar-refractivity contribution >= 4 is 39.7 Å². The van der Waals surface area contributed by atoms with E-state index in [4.69, 9.17) is 4.74 Å². The summed E-state index contributed by atoms with van der Waals surface area (Å²) in [6, 6.07) is 10.9. The summed E-state index contributed by atoms with van der Waals surface area (Å²) in [5.41, 5.74) is 0.676. The van der Waals surface area contributed by atoms with Crippen molar-refractivity contribution in [1.29, 1.82) is 0 Å². The number of aryl methyl sites for hydroxylation is 1. The minimum atomic E-state index is -4.63. The average Bonchev–Trinajstić information content (AvgIpc) is 3.24. The fourth-order valence-corrected chi connectivity index (χ4v) is 5.18. The van der Waals surface area contributed by atoms with Crippen LogP contribution in [0.15, 0.2) is 48.7 Å². The van der Waals surface area contributed by atoms with Crippen LogP contribution in [0.1, 0.15) is 17.8 Å². The lowest BCUT2D eigenvalue weighted by atomic mass is 10.0. The van der Waals surface area contributed by atoms with E-state index in [1.165, 1.54) is 29.7 Å². The Balaban J connectivity index is 1.41. The molecule has 1 aliphatic heterocycles. The number of amides is 1. The van der Waals surface area contributed by atoms with Crippen LogP contribution < -0.4 is 20.7 Å². The van der Waals surface area contributed by atoms with E-state index >= 15 is 0 Å². The number of aromatic nitrogens is 3. The zero-order chi connectivity index (χ0) is 28.5. The molecule has 0 saturated carbocycles. The standard InChI is InChI=1S/C26H23F5N6O2S/c1-14-34-23(22(40-14)19-8-9-33-24(37-19)35-15-10-25(27,28)13-32-12-15)39-20-7-6-18(16-4-2-3-5-17(16)20)36-21(38)11-26(29,30)31/h2-9,15,32H,10-13H2,1H3,(H,36,38)(H,33,35,37)/t15-/m0/s1. The lowest BCUT2D eigenvalue weighted by Gasteiger charge is -2.30. The Morgan fingerprint density at radius 2 is 1.93 bits per heavy atom. The van der Waals surface area contributed by atoms with Gasteiger partial charge in [0, 0.05) is 41.7 Å². The monoisotopic (exact) mass is 578 g/mol. The van der Waals surface area contributed by atoms with Crippen molar-refractivity contribution in [1.82, 2.24) is 20.3 Å². The molecule has 3 N–H and O–H groups in total. The minimum Gasteiger partial charge on any atom is -0.437 e. The van der Waals surface area contributed by atoms with Crippen molar-refractivity contribution in [3.05, 3.63) is 53.7 Å². The van der Waals surface area contributed by atoms with Crippen molar-refractivity contribution < 1.29 is 31.5 Å². The summed E-state index contributed by atoms with van der Waals surface area (Å²) < 4.78 is 71.7. The molecule has 0 unspecified atom stereocenters. The van der Waals surface area contributed by atoms with Crippen LogP contribution in [-0.4, -0.2) is 52.1 Å². The minimum absolute atomic E-state index is 0.184. The highest BCUT2D eigenvalue weighted by Gasteiger charge is 2.36. The summed E-state index contributed by atoms with van der Waals surface area (Å²) in [6.45, 7) is 1.76. The molecule has 1 saturated heterocycles. The number of ether oxygens (including phenoxy) is 1. The maximum absolute atomic E-state index is 13.8. The van der Waals surface area contributed by atoms with Crippen LogP contribution in [0.3, 0.4) is 0 Å². The van der Waals surface area contributed by atoms with Crippen molar-refractivity contribution in [3.63, 3.8) is 0 Å². The number of thiazole rings is 1. The van der Waals surface area contributed by atoms with E-state index < -0.39 is 30.5 Å². The maximum Gasteiger partial charge on any atom is 0.397 e. The molecule has 4 aromatic rings. The SMILES string of the molecule is Cc1nc(Oc2ccc(NC(=O)CC(F)(F)F)c3ccccc23)c(-c2ccnc(N[C@@H]3CNCC(F)(F)C3)n2)s1. The number of alkyl halides is 5. The van der Waals surface area contributed by atoms with Crippen LogP contribution in [-0.2, 0) is 4.79 Å². The number of nitrogens with zero attached hydrogens (tertiary/aromatic N) is 3. The predicted molar refractivity (Wildman–Crippen MR) is 141 cm³/mol. The van der Waals surface area contributed by atoms with Gasteiger partial charge in [0.25, 0.3) is 5.92 Å². The highest BCUT2D eigenvalue weighted by molar-refractivity contribution is 7.15. The lowest BCUT2D eigenvalue weighted by molar-refractivity contribution is -0.150. The zero-order valence-electron chi connectivity index (χ0n) is 21.0. The summed E-state index contributed by atoms with van der Waals surface area (Å²) >= 11 is 1.31. The molecule has 0 spiro atoms. The van der Waals surface area contributed by atoms with E-state index in [-0.39, 0.29) is 30.5 Å². The highest BCUT2D eigenvalue weighted by Crippen LogP contribution is 2.40. The normalized spacial score (nSPS) is 17.0. The summed E-state index contributed by atoms with van der Waals surface area (Å²) in [7, 11) is 0. The van der Waals surface area contributed by atoms with Gasteiger partial charge in [-0.2, -0.15) is 13.2 Å². The molecule has 14 heteroatoms. The molecule has 40 heavy (non-hydrogen) atoms. The van der Waals surface area contributed by atoms with Gasteiger partial charge < -0.3 is 20.7 Å². The molecule has 1 atom stereocenters. The largest absolute Gasteiger partial charge is 0.437 e. The first-order chi connectivity index (χ1) is 19.0. The summed E-state index contributed by atoms with van der Waals surface area (Å²) in [5, 5.41) is 9.67. The lowest BCUT2D eigenvalue weighted by Crippen LogP contribution is -2.49. The molecular weight excluding hydrogens is 555 g/mol. The summed E-state index contributed by atoms with van der Waals surface area (Å²) in [6.07, 6.45) is -5.07. The van der Waals surface area contributed by atoms with Crippen molar-refractivity contribution in [2.75, 3.05) is 23.7 Å². The second kappa shape index (κ2) is 10.9. The number of benzene rings is 2. The molecule has 1 aliphatic rings. The number of nitrogens with one attached hydrogen (secondary N) is 3. The van der Waals surface area contributed by atoms with E-state index in [0.29, 0.717) is 38.6 Å². The summed E-state index contributed by atoms with van der Waals surface area (Å²) in [5.74, 6) is -3.23. The molecular formula is C26H23F5N6O2S. The van der Waals surface area contributed by atoms with E-state index in [1.54, 1.807) is 37.3 Å². The number of halogens is 5. The second-order valence-electron chi connectivity index (χ2n) is 9.26. The van der Waals surface area contributed by atoms with E-state index in [0.717, 1.165) is 0 Å². The van der Waals surface area contributed by atoms with Crippen molar-refractivity contribution in [2.24, 2.45) is 0 Å². The average molecular weight is 579 g/mol. The highest BCUT2D eigenvalue weighted by atomic mass is 32.1. The first kappa shape index (κ1) is 27.6. The van der Waals surface area contributed by atoms with Crippen LogP contribution in [0.4, 0.5) is 33.6 Å². The number of fused-ring (bicyclic) bond motifs is 1. The van der Waals surface area contributed by atoms with Crippen molar-refractivity contribution in [2.45, 2.75) is 37.9 Å². The Hall–Kier alpha value is -3.91. The molecule has 2 aromatic carbocycles. The van der Waals surface area contributed by atoms with Gasteiger partial charge in [-0.25, -0.2) is 23.7 Å². The van der Waals surface area contributed by atoms with Gasteiger partial charge in [0.1, 0.15) is 17.0 Å². The Bertz CT molecular complexity index is 1540. The quantitative estimate of drug-likeness (QED) is 0.226. The zero-order valence-corrected chi connectivity index (χ0v) is 21.8. The number of anilines is 2. The number of carbonyl (C=O) groups excluding carboxylic acids is 1. The number of piperidine rings is 1. The van der Waals surface area contributed by atoms with Gasteiger partial charge >= 0.3 is 6.18 Å². The van der Waals surface area contributed by atoms with Crippen LogP contribution in [0, 0.1) is 6.92 Å². The molecule has 0 radical (unpaired) electrons. The molecule has 8 nitrogen and oxygen atoms in total. The maximum atomic E-state index is 13.8. The second-order valence-corrected chi connectivity index (χ2v) is 10.5. The predicted octanol–water partition coefficient (Wildman–Crippen LogP) is 6.15. The topological polar surface area (TPSA) is 101 Å². The molecule has 1 amide bonds. The molecule has 210 valence electrons. The third kappa shape index (κ3) is 6.62. The number of rotatable bonds is 7. The molecule has 5 rings (SSSR count). The van der Waals surface area contributed by atoms with Gasteiger partial charge in [0.15, 0.2) is 0 Å². The Labute approximate surface area is 229 Å². The molecule has 1 fully saturated rings. The smallest absolute Gasteiger partial charge is 0.397 e. The van der Waals surface area contributed by atoms with Gasteiger partial charge in [0.05, 0.1) is 17.2 Å². The third-order valence-corrected chi connectivity index (χ3v) is 6.94. The van der Waals surface area contributed by atoms with Crippen LogP contribution in [0.25, 0.3) is 21.3 Å². The fraction of sp³-hybridized carbons (Fsp3) is 0.308. The van der Waals surface area contributed by atoms with Crippen molar-refractivity contribution in [3.8, 4) is 22.2 Å². The number of hydrogen-bond donors (Lipinski definition) is 3. The first-order valence-electron chi connectivity index (χ1n) is 12.2. The fourth-order valence-electron chi connectivity index (χ4n) is 4.36. The van der Waals surface area contributed by atoms with Gasteiger partial charge in [0.2, 0.25) is 17.7 Å². The van der Waals surface area contributed by atoms with E-state index in [9.17, 15) is 26.7 Å². The van der Waals surface area contributed by atoms with Crippen LogP contribution in [0.2, 0.25) is 0 Å². The Kier molecular flexibility index (Phi) is 7.55. The first-order valence-corrected chi connectivity index (χ1v) is 13.0. The molecule has 0 aliphatic carbocycles. The van der Waals surface area contributed by atoms with E-state index in [2.05, 4.69) is 30.9 Å². The third-order valence-electron chi connectivity index (χ3n) is 5.97. The van der Waals surface area contributed by atoms with Gasteiger partial charge in [-0.15, -0.1) is 11.3 Å². The Morgan fingerprint density at radius 3 is 2.67 bits per heavy atom. The summed E-state index contributed by atoms with van der Waals surface area (Å²) in [4.78, 5) is 25.6. The Morgan fingerprint density at radius 1 is 1.15 bits per heavy atom. The van der Waals surface area contributed by atoms with Crippen LogP contribution in [0.5, 0.6) is 11.6 Å². The number of carbonyl (C=O) groups is 1. The number of hydrogen-bond acceptors (Lipinski definition) is 8. The molecule has 0 bridgehead atoms. The molecule has 3 heterocycles. The van der Waals surface area contributed by atoms with Gasteiger partial charge in [-0.3, -0.25) is 4.79 Å². The van der Waals surface area contributed by atoms with E-state index in [1.807, 2.05) is 0 Å². The van der Waals surface area contributed by atoms with Gasteiger partial charge in [-0.05, 0) is 25.1 Å².